The molecule has 0 spiro atoms. The highest BCUT2D eigenvalue weighted by Gasteiger charge is 2.08. The van der Waals surface area contributed by atoms with Gasteiger partial charge in [0.1, 0.15) is 5.82 Å². The quantitative estimate of drug-likeness (QED) is 0.890. The van der Waals surface area contributed by atoms with Crippen LogP contribution in [-0.2, 0) is 0 Å². The molecule has 0 aromatic carbocycles. The lowest BCUT2D eigenvalue weighted by Crippen LogP contribution is -2.01. The third kappa shape index (κ3) is 2.61. The highest BCUT2D eigenvalue weighted by Crippen LogP contribution is 2.30. The van der Waals surface area contributed by atoms with Gasteiger partial charge in [0.05, 0.1) is 13.1 Å². The molecule has 0 fully saturated rings. The molecular weight excluding hydrogens is 354 g/mol. The lowest BCUT2D eigenvalue weighted by atomic mass is 10.4. The standard InChI is InChI=1S/C10H9Br2N3S/c1-2-13-9-6(11)5-14-10(15-9)7-3-4-8(12)16-7/h3-5H,2H2,1H3,(H,13,14,15). The Morgan fingerprint density at radius 3 is 2.81 bits per heavy atom. The second kappa shape index (κ2) is 5.25. The maximum Gasteiger partial charge on any atom is 0.171 e. The molecule has 2 heterocycles. The molecule has 0 amide bonds. The number of nitrogens with one attached hydrogen (secondary N) is 1. The van der Waals surface area contributed by atoms with Gasteiger partial charge in [-0.1, -0.05) is 0 Å². The van der Waals surface area contributed by atoms with Crippen molar-refractivity contribution in [3.05, 3.63) is 26.6 Å². The van der Waals surface area contributed by atoms with E-state index in [0.29, 0.717) is 0 Å². The van der Waals surface area contributed by atoms with E-state index < -0.39 is 0 Å². The van der Waals surface area contributed by atoms with E-state index in [-0.39, 0.29) is 0 Å². The van der Waals surface area contributed by atoms with Gasteiger partial charge in [0.25, 0.3) is 0 Å². The van der Waals surface area contributed by atoms with Crippen molar-refractivity contribution in [2.45, 2.75) is 6.92 Å². The average Bonchev–Trinajstić information content (AvgIpc) is 2.69. The zero-order valence-corrected chi connectivity index (χ0v) is 12.5. The van der Waals surface area contributed by atoms with Crippen LogP contribution in [0, 0.1) is 0 Å². The van der Waals surface area contributed by atoms with Crippen LogP contribution in [0.2, 0.25) is 0 Å². The molecule has 0 bridgehead atoms. The van der Waals surface area contributed by atoms with Gasteiger partial charge in [0.15, 0.2) is 5.82 Å². The number of hydrogen-bond donors (Lipinski definition) is 1. The molecular formula is C10H9Br2N3S. The molecule has 0 radical (unpaired) electrons. The van der Waals surface area contributed by atoms with Gasteiger partial charge >= 0.3 is 0 Å². The fraction of sp³-hybridized carbons (Fsp3) is 0.200. The topological polar surface area (TPSA) is 37.8 Å². The average molecular weight is 363 g/mol. The summed E-state index contributed by atoms with van der Waals surface area (Å²) in [4.78, 5) is 9.82. The van der Waals surface area contributed by atoms with Crippen molar-refractivity contribution in [2.24, 2.45) is 0 Å². The number of thiophene rings is 1. The monoisotopic (exact) mass is 361 g/mol. The zero-order valence-electron chi connectivity index (χ0n) is 8.50. The molecule has 2 rings (SSSR count). The summed E-state index contributed by atoms with van der Waals surface area (Å²) in [5, 5.41) is 3.19. The molecule has 0 atom stereocenters. The Hall–Kier alpha value is -0.460. The molecule has 84 valence electrons. The Morgan fingerprint density at radius 1 is 1.38 bits per heavy atom. The number of halogens is 2. The van der Waals surface area contributed by atoms with E-state index in [1.165, 1.54) is 0 Å². The third-order valence-electron chi connectivity index (χ3n) is 1.88. The van der Waals surface area contributed by atoms with Crippen LogP contribution in [0.5, 0.6) is 0 Å². The smallest absolute Gasteiger partial charge is 0.171 e. The Labute approximate surface area is 115 Å². The van der Waals surface area contributed by atoms with E-state index in [4.69, 9.17) is 0 Å². The molecule has 6 heteroatoms. The van der Waals surface area contributed by atoms with Gasteiger partial charge in [-0.25, -0.2) is 9.97 Å². The first-order valence-corrected chi connectivity index (χ1v) is 7.13. The molecule has 2 aromatic heterocycles. The molecule has 3 nitrogen and oxygen atoms in total. The SMILES string of the molecule is CCNc1nc(-c2ccc(Br)s2)ncc1Br. The minimum absolute atomic E-state index is 0.745. The number of anilines is 1. The van der Waals surface area contributed by atoms with Gasteiger partial charge in [-0.05, 0) is 50.9 Å². The summed E-state index contributed by atoms with van der Waals surface area (Å²) in [6.45, 7) is 2.87. The van der Waals surface area contributed by atoms with Crippen LogP contribution in [0.1, 0.15) is 6.92 Å². The second-order valence-corrected chi connectivity index (χ2v) is 6.34. The van der Waals surface area contributed by atoms with E-state index in [2.05, 4.69) is 47.1 Å². The highest BCUT2D eigenvalue weighted by molar-refractivity contribution is 9.11. The predicted octanol–water partition coefficient (Wildman–Crippen LogP) is 4.16. The fourth-order valence-corrected chi connectivity index (χ4v) is 2.87. The van der Waals surface area contributed by atoms with Crippen LogP contribution in [0.3, 0.4) is 0 Å². The molecule has 0 saturated carbocycles. The van der Waals surface area contributed by atoms with Crippen LogP contribution in [0.25, 0.3) is 10.7 Å². The Bertz CT molecular complexity index is 499. The minimum atomic E-state index is 0.745. The normalized spacial score (nSPS) is 10.4. The largest absolute Gasteiger partial charge is 0.369 e. The fourth-order valence-electron chi connectivity index (χ4n) is 1.21. The summed E-state index contributed by atoms with van der Waals surface area (Å²) >= 11 is 8.47. The maximum absolute atomic E-state index is 4.47. The molecule has 0 aliphatic heterocycles. The molecule has 0 aliphatic carbocycles. The van der Waals surface area contributed by atoms with Crippen molar-refractivity contribution in [1.82, 2.24) is 9.97 Å². The van der Waals surface area contributed by atoms with E-state index in [1.807, 2.05) is 19.1 Å². The number of rotatable bonds is 3. The summed E-state index contributed by atoms with van der Waals surface area (Å²) in [5.74, 6) is 1.58. The number of aromatic nitrogens is 2. The van der Waals surface area contributed by atoms with E-state index in [1.54, 1.807) is 17.5 Å². The third-order valence-corrected chi connectivity index (χ3v) is 4.08. The number of hydrogen-bond acceptors (Lipinski definition) is 4. The minimum Gasteiger partial charge on any atom is -0.369 e. The van der Waals surface area contributed by atoms with Gasteiger partial charge in [-0.3, -0.25) is 0 Å². The van der Waals surface area contributed by atoms with Gasteiger partial charge in [0, 0.05) is 12.7 Å². The lowest BCUT2D eigenvalue weighted by Gasteiger charge is -2.05. The summed E-state index contributed by atoms with van der Waals surface area (Å²) < 4.78 is 1.97. The zero-order chi connectivity index (χ0) is 11.5. The Balaban J connectivity index is 2.39. The van der Waals surface area contributed by atoms with Crippen molar-refractivity contribution in [3.8, 4) is 10.7 Å². The summed E-state index contributed by atoms with van der Waals surface area (Å²) in [7, 11) is 0. The molecule has 0 aliphatic rings. The van der Waals surface area contributed by atoms with Crippen molar-refractivity contribution in [1.29, 1.82) is 0 Å². The molecule has 2 aromatic rings. The molecule has 0 unspecified atom stereocenters. The predicted molar refractivity (Wildman–Crippen MR) is 74.9 cm³/mol. The maximum atomic E-state index is 4.47. The summed E-state index contributed by atoms with van der Waals surface area (Å²) in [6, 6.07) is 4.01. The molecule has 16 heavy (non-hydrogen) atoms. The Kier molecular flexibility index (Phi) is 3.94. The van der Waals surface area contributed by atoms with Crippen LogP contribution in [-0.4, -0.2) is 16.5 Å². The van der Waals surface area contributed by atoms with Crippen molar-refractivity contribution in [3.63, 3.8) is 0 Å². The van der Waals surface area contributed by atoms with Gasteiger partial charge in [-0.15, -0.1) is 11.3 Å². The first kappa shape index (κ1) is 12.0. The van der Waals surface area contributed by atoms with Gasteiger partial charge in [-0.2, -0.15) is 0 Å². The lowest BCUT2D eigenvalue weighted by molar-refractivity contribution is 1.11. The van der Waals surface area contributed by atoms with Gasteiger partial charge < -0.3 is 5.32 Å². The second-order valence-electron chi connectivity index (χ2n) is 3.02. The number of nitrogens with zero attached hydrogens (tertiary/aromatic N) is 2. The van der Waals surface area contributed by atoms with Crippen LogP contribution in [0.15, 0.2) is 26.6 Å². The first-order chi connectivity index (χ1) is 7.70. The van der Waals surface area contributed by atoms with Crippen LogP contribution < -0.4 is 5.32 Å². The van der Waals surface area contributed by atoms with Crippen LogP contribution >= 0.6 is 43.2 Å². The van der Waals surface area contributed by atoms with Crippen LogP contribution in [0.4, 0.5) is 5.82 Å². The van der Waals surface area contributed by atoms with Gasteiger partial charge in [0.2, 0.25) is 0 Å². The summed E-state index contributed by atoms with van der Waals surface area (Å²) in [6.07, 6.45) is 1.77. The summed E-state index contributed by atoms with van der Waals surface area (Å²) in [5.41, 5.74) is 0. The van der Waals surface area contributed by atoms with E-state index in [0.717, 1.165) is 31.3 Å². The molecule has 1 N–H and O–H groups in total. The van der Waals surface area contributed by atoms with E-state index >= 15 is 0 Å². The molecule has 0 saturated heterocycles. The first-order valence-electron chi connectivity index (χ1n) is 4.73. The van der Waals surface area contributed by atoms with Crippen molar-refractivity contribution in [2.75, 3.05) is 11.9 Å². The Morgan fingerprint density at radius 2 is 2.19 bits per heavy atom. The van der Waals surface area contributed by atoms with Crippen molar-refractivity contribution < 1.29 is 0 Å². The van der Waals surface area contributed by atoms with E-state index in [9.17, 15) is 0 Å². The van der Waals surface area contributed by atoms with Crippen molar-refractivity contribution >= 4 is 49.0 Å². The highest BCUT2D eigenvalue weighted by atomic mass is 79.9.